The minimum absolute atomic E-state index is 0.0626. The zero-order valence-corrected chi connectivity index (χ0v) is 25.7. The van der Waals surface area contributed by atoms with Crippen LogP contribution >= 0.6 is 0 Å². The third kappa shape index (κ3) is 8.12. The Morgan fingerprint density at radius 1 is 0.929 bits per heavy atom. The van der Waals surface area contributed by atoms with Crippen LogP contribution in [-0.2, 0) is 32.6 Å². The Labute approximate surface area is 249 Å². The monoisotopic (exact) mass is 591 g/mol. The van der Waals surface area contributed by atoms with Gasteiger partial charge in [-0.2, -0.15) is 0 Å². The minimum Gasteiger partial charge on any atom is -0.497 e. The zero-order valence-electron chi connectivity index (χ0n) is 24.9. The standard InChI is InChI=1S/C33H41N3O5S/c1-24-17-18-29(19-25(24)2)36(42(4,39)40)23-32(37)35(22-27-13-10-16-30(20-27)41-3)31(21-26-11-6-5-7-12-26)33(38)34-28-14-8-9-15-28/h5-7,10-13,16-20,28,31H,8-9,14-15,21-23H2,1-4H3,(H,34,38). The normalized spacial score (nSPS) is 14.3. The summed E-state index contributed by atoms with van der Waals surface area (Å²) in [6.07, 6.45) is 5.30. The second-order valence-corrected chi connectivity index (χ2v) is 13.0. The molecule has 42 heavy (non-hydrogen) atoms. The Bertz CT molecular complexity index is 1490. The molecule has 2 amide bonds. The number of carbonyl (C=O) groups is 2. The molecule has 1 unspecified atom stereocenters. The van der Waals surface area contributed by atoms with E-state index in [2.05, 4.69) is 5.32 Å². The van der Waals surface area contributed by atoms with Crippen LogP contribution in [0, 0.1) is 13.8 Å². The van der Waals surface area contributed by atoms with Crippen LogP contribution in [0.5, 0.6) is 5.75 Å². The smallest absolute Gasteiger partial charge is 0.244 e. The highest BCUT2D eigenvalue weighted by Gasteiger charge is 2.34. The summed E-state index contributed by atoms with van der Waals surface area (Å²) in [4.78, 5) is 29.7. The van der Waals surface area contributed by atoms with Gasteiger partial charge in [-0.1, -0.05) is 61.4 Å². The van der Waals surface area contributed by atoms with Crippen molar-refractivity contribution in [1.29, 1.82) is 0 Å². The van der Waals surface area contributed by atoms with E-state index in [1.807, 2.05) is 74.5 Å². The zero-order chi connectivity index (χ0) is 30.3. The van der Waals surface area contributed by atoms with Crippen LogP contribution < -0.4 is 14.4 Å². The summed E-state index contributed by atoms with van der Waals surface area (Å²) in [6.45, 7) is 3.52. The molecule has 1 saturated carbocycles. The van der Waals surface area contributed by atoms with Gasteiger partial charge in [0.15, 0.2) is 0 Å². The molecule has 4 rings (SSSR count). The number of rotatable bonds is 12. The van der Waals surface area contributed by atoms with E-state index in [4.69, 9.17) is 4.74 Å². The Morgan fingerprint density at radius 3 is 2.26 bits per heavy atom. The first-order chi connectivity index (χ1) is 20.0. The predicted octanol–water partition coefficient (Wildman–Crippen LogP) is 4.78. The first kappa shape index (κ1) is 31.1. The summed E-state index contributed by atoms with van der Waals surface area (Å²) >= 11 is 0. The summed E-state index contributed by atoms with van der Waals surface area (Å²) in [5.74, 6) is -0.0779. The fourth-order valence-electron chi connectivity index (χ4n) is 5.38. The molecular weight excluding hydrogens is 550 g/mol. The second kappa shape index (κ2) is 13.9. The highest BCUT2D eigenvalue weighted by molar-refractivity contribution is 7.92. The van der Waals surface area contributed by atoms with Crippen LogP contribution in [0.4, 0.5) is 5.69 Å². The molecule has 0 spiro atoms. The molecule has 3 aromatic carbocycles. The lowest BCUT2D eigenvalue weighted by Gasteiger charge is -2.34. The van der Waals surface area contributed by atoms with E-state index in [-0.39, 0.29) is 24.9 Å². The summed E-state index contributed by atoms with van der Waals surface area (Å²) in [5, 5.41) is 3.18. The van der Waals surface area contributed by atoms with Crippen molar-refractivity contribution in [2.45, 2.75) is 64.6 Å². The molecule has 0 bridgehead atoms. The van der Waals surface area contributed by atoms with Gasteiger partial charge >= 0.3 is 0 Å². The first-order valence-electron chi connectivity index (χ1n) is 14.4. The maximum absolute atomic E-state index is 14.3. The number of carbonyl (C=O) groups excluding carboxylic acids is 2. The van der Waals surface area contributed by atoms with Gasteiger partial charge in [0.2, 0.25) is 21.8 Å². The number of amides is 2. The summed E-state index contributed by atoms with van der Waals surface area (Å²) in [5.41, 5.74) is 4.02. The number of aryl methyl sites for hydroxylation is 2. The van der Waals surface area contributed by atoms with Crippen LogP contribution in [0.1, 0.15) is 47.9 Å². The van der Waals surface area contributed by atoms with Crippen molar-refractivity contribution < 1.29 is 22.7 Å². The molecule has 0 radical (unpaired) electrons. The van der Waals surface area contributed by atoms with Gasteiger partial charge in [-0.3, -0.25) is 13.9 Å². The molecule has 1 fully saturated rings. The van der Waals surface area contributed by atoms with E-state index in [0.29, 0.717) is 11.4 Å². The topological polar surface area (TPSA) is 96.0 Å². The third-order valence-corrected chi connectivity index (χ3v) is 9.06. The highest BCUT2D eigenvalue weighted by Crippen LogP contribution is 2.24. The number of nitrogens with zero attached hydrogens (tertiary/aromatic N) is 2. The van der Waals surface area contributed by atoms with E-state index >= 15 is 0 Å². The van der Waals surface area contributed by atoms with Crippen molar-refractivity contribution in [3.8, 4) is 5.75 Å². The molecule has 1 aliphatic carbocycles. The first-order valence-corrected chi connectivity index (χ1v) is 16.2. The summed E-state index contributed by atoms with van der Waals surface area (Å²) < 4.78 is 32.6. The van der Waals surface area contributed by atoms with Crippen LogP contribution in [0.2, 0.25) is 0 Å². The summed E-state index contributed by atoms with van der Waals surface area (Å²) in [6, 6.07) is 21.4. The minimum atomic E-state index is -3.82. The van der Waals surface area contributed by atoms with Gasteiger partial charge in [0.05, 0.1) is 19.1 Å². The van der Waals surface area contributed by atoms with E-state index in [1.165, 1.54) is 4.90 Å². The SMILES string of the molecule is COc1cccc(CN(C(=O)CN(c2ccc(C)c(C)c2)S(C)(=O)=O)C(Cc2ccccc2)C(=O)NC2CCCC2)c1. The maximum atomic E-state index is 14.3. The van der Waals surface area contributed by atoms with Gasteiger partial charge in [-0.15, -0.1) is 0 Å². The van der Waals surface area contributed by atoms with Gasteiger partial charge in [-0.25, -0.2) is 8.42 Å². The number of ether oxygens (including phenoxy) is 1. The van der Waals surface area contributed by atoms with Crippen molar-refractivity contribution in [1.82, 2.24) is 10.2 Å². The second-order valence-electron chi connectivity index (χ2n) is 11.1. The van der Waals surface area contributed by atoms with Crippen LogP contribution in [0.25, 0.3) is 0 Å². The number of benzene rings is 3. The Morgan fingerprint density at radius 2 is 1.62 bits per heavy atom. The number of methoxy groups -OCH3 is 1. The quantitative estimate of drug-likeness (QED) is 0.327. The number of hydrogen-bond acceptors (Lipinski definition) is 5. The van der Waals surface area contributed by atoms with E-state index in [9.17, 15) is 18.0 Å². The van der Waals surface area contributed by atoms with Crippen LogP contribution in [0.3, 0.4) is 0 Å². The largest absolute Gasteiger partial charge is 0.497 e. The molecular formula is C33H41N3O5S. The van der Waals surface area contributed by atoms with Crippen molar-refractivity contribution >= 4 is 27.5 Å². The average Bonchev–Trinajstić information content (AvgIpc) is 3.48. The molecule has 3 aromatic rings. The Kier molecular flexibility index (Phi) is 10.3. The molecule has 1 aliphatic rings. The number of anilines is 1. The van der Waals surface area contributed by atoms with E-state index in [1.54, 1.807) is 19.2 Å². The molecule has 1 atom stereocenters. The summed E-state index contributed by atoms with van der Waals surface area (Å²) in [7, 11) is -2.25. The Balaban J connectivity index is 1.74. The van der Waals surface area contributed by atoms with Crippen LogP contribution in [-0.4, -0.2) is 57.1 Å². The maximum Gasteiger partial charge on any atom is 0.244 e. The molecule has 1 N–H and O–H groups in total. The number of sulfonamides is 1. The Hall–Kier alpha value is -3.85. The van der Waals surface area contributed by atoms with E-state index in [0.717, 1.165) is 58.5 Å². The molecule has 9 heteroatoms. The van der Waals surface area contributed by atoms with Gasteiger partial charge in [0.25, 0.3) is 0 Å². The fraction of sp³-hybridized carbons (Fsp3) is 0.394. The van der Waals surface area contributed by atoms with Crippen molar-refractivity contribution in [3.63, 3.8) is 0 Å². The lowest BCUT2D eigenvalue weighted by atomic mass is 10.0. The number of hydrogen-bond donors (Lipinski definition) is 1. The van der Waals surface area contributed by atoms with E-state index < -0.39 is 28.5 Å². The van der Waals surface area contributed by atoms with Gasteiger partial charge < -0.3 is 15.0 Å². The van der Waals surface area contributed by atoms with Gasteiger partial charge in [-0.05, 0) is 73.2 Å². The molecule has 0 saturated heterocycles. The molecule has 224 valence electrons. The van der Waals surface area contributed by atoms with Crippen molar-refractivity contribution in [2.24, 2.45) is 0 Å². The fourth-order valence-corrected chi connectivity index (χ4v) is 6.22. The number of nitrogens with one attached hydrogen (secondary N) is 1. The molecule has 0 aromatic heterocycles. The molecule has 0 heterocycles. The van der Waals surface area contributed by atoms with Gasteiger partial charge in [0, 0.05) is 19.0 Å². The van der Waals surface area contributed by atoms with Gasteiger partial charge in [0.1, 0.15) is 18.3 Å². The average molecular weight is 592 g/mol. The molecule has 8 nitrogen and oxygen atoms in total. The molecule has 0 aliphatic heterocycles. The van der Waals surface area contributed by atoms with Crippen molar-refractivity contribution in [3.05, 3.63) is 95.1 Å². The highest BCUT2D eigenvalue weighted by atomic mass is 32.2. The van der Waals surface area contributed by atoms with Crippen molar-refractivity contribution in [2.75, 3.05) is 24.2 Å². The predicted molar refractivity (Wildman–Crippen MR) is 166 cm³/mol. The lowest BCUT2D eigenvalue weighted by molar-refractivity contribution is -0.140. The van der Waals surface area contributed by atoms with Crippen LogP contribution in [0.15, 0.2) is 72.8 Å². The third-order valence-electron chi connectivity index (χ3n) is 7.92. The lowest BCUT2D eigenvalue weighted by Crippen LogP contribution is -2.54.